The third-order valence-electron chi connectivity index (χ3n) is 5.60. The lowest BCUT2D eigenvalue weighted by Gasteiger charge is -2.26. The molecule has 3 heteroatoms. The molecule has 0 unspecified atom stereocenters. The number of amides is 2. The van der Waals surface area contributed by atoms with Gasteiger partial charge in [0.2, 0.25) is 5.91 Å². The third kappa shape index (κ3) is 1.72. The molecular formula is C21H17NO2. The van der Waals surface area contributed by atoms with Crippen molar-refractivity contribution >= 4 is 23.1 Å². The SMILES string of the molecule is O=C1C2=C3c4ccccc4CC[C@H]3C[C@H]2C(=O)N1c1ccccc1. The Labute approximate surface area is 140 Å². The lowest BCUT2D eigenvalue weighted by Crippen LogP contribution is -2.31. The second kappa shape index (κ2) is 4.91. The van der Waals surface area contributed by atoms with E-state index in [1.54, 1.807) is 0 Å². The van der Waals surface area contributed by atoms with E-state index in [9.17, 15) is 9.59 Å². The number of hydrogen-bond acceptors (Lipinski definition) is 2. The van der Waals surface area contributed by atoms with E-state index in [4.69, 9.17) is 0 Å². The number of para-hydroxylation sites is 1. The monoisotopic (exact) mass is 315 g/mol. The molecule has 2 aromatic carbocycles. The average molecular weight is 315 g/mol. The molecule has 0 saturated carbocycles. The molecule has 5 rings (SSSR count). The summed E-state index contributed by atoms with van der Waals surface area (Å²) in [6, 6.07) is 17.6. The summed E-state index contributed by atoms with van der Waals surface area (Å²) in [5.74, 6) is -0.0828. The number of benzene rings is 2. The second-order valence-corrected chi connectivity index (χ2v) is 6.82. The van der Waals surface area contributed by atoms with E-state index >= 15 is 0 Å². The number of carbonyl (C=O) groups is 2. The smallest absolute Gasteiger partial charge is 0.262 e. The number of fused-ring (bicyclic) bond motifs is 4. The van der Waals surface area contributed by atoms with Gasteiger partial charge in [-0.2, -0.15) is 0 Å². The topological polar surface area (TPSA) is 37.4 Å². The molecule has 2 atom stereocenters. The van der Waals surface area contributed by atoms with E-state index in [-0.39, 0.29) is 17.7 Å². The summed E-state index contributed by atoms with van der Waals surface area (Å²) in [5.41, 5.74) is 5.05. The highest BCUT2D eigenvalue weighted by molar-refractivity contribution is 6.32. The normalized spacial score (nSPS) is 24.9. The molecule has 0 bridgehead atoms. The van der Waals surface area contributed by atoms with Gasteiger partial charge in [-0.3, -0.25) is 9.59 Å². The number of hydrogen-bond donors (Lipinski definition) is 0. The maximum Gasteiger partial charge on any atom is 0.262 e. The van der Waals surface area contributed by atoms with Crippen LogP contribution >= 0.6 is 0 Å². The third-order valence-corrected chi connectivity index (χ3v) is 5.60. The highest BCUT2D eigenvalue weighted by Gasteiger charge is 2.52. The fourth-order valence-corrected chi connectivity index (χ4v) is 4.57. The molecule has 1 heterocycles. The number of imide groups is 1. The number of aryl methyl sites for hydroxylation is 1. The van der Waals surface area contributed by atoms with Crippen molar-refractivity contribution in [3.05, 3.63) is 71.3 Å². The number of rotatable bonds is 1. The molecule has 1 saturated heterocycles. The van der Waals surface area contributed by atoms with Gasteiger partial charge in [-0.05, 0) is 54.0 Å². The molecule has 118 valence electrons. The number of carbonyl (C=O) groups excluding carboxylic acids is 2. The molecule has 0 spiro atoms. The van der Waals surface area contributed by atoms with Gasteiger partial charge in [0.1, 0.15) is 0 Å². The zero-order valence-corrected chi connectivity index (χ0v) is 13.2. The van der Waals surface area contributed by atoms with Gasteiger partial charge < -0.3 is 0 Å². The minimum atomic E-state index is -0.260. The van der Waals surface area contributed by atoms with E-state index in [1.807, 2.05) is 36.4 Å². The number of nitrogens with zero attached hydrogens (tertiary/aromatic N) is 1. The van der Waals surface area contributed by atoms with Crippen LogP contribution in [0.1, 0.15) is 24.0 Å². The highest BCUT2D eigenvalue weighted by atomic mass is 16.2. The summed E-state index contributed by atoms with van der Waals surface area (Å²) in [4.78, 5) is 27.4. The van der Waals surface area contributed by atoms with Crippen molar-refractivity contribution in [2.45, 2.75) is 19.3 Å². The van der Waals surface area contributed by atoms with Crippen LogP contribution in [0.3, 0.4) is 0 Å². The Morgan fingerprint density at radius 1 is 0.875 bits per heavy atom. The Bertz CT molecular complexity index is 897. The average Bonchev–Trinajstić information content (AvgIpc) is 3.12. The standard InChI is InChI=1S/C21H17NO2/c23-20-17-12-14-11-10-13-6-4-5-9-16(13)18(14)19(17)21(24)22(20)15-7-2-1-3-8-15/h1-9,14,17H,10-12H2/t14-,17+/m0/s1. The first kappa shape index (κ1) is 13.7. The lowest BCUT2D eigenvalue weighted by atomic mass is 9.80. The molecular weight excluding hydrogens is 298 g/mol. The maximum atomic E-state index is 13.1. The van der Waals surface area contributed by atoms with Crippen LogP contribution in [-0.2, 0) is 16.0 Å². The van der Waals surface area contributed by atoms with Gasteiger partial charge in [-0.15, -0.1) is 0 Å². The minimum Gasteiger partial charge on any atom is -0.273 e. The zero-order valence-electron chi connectivity index (χ0n) is 13.2. The van der Waals surface area contributed by atoms with Crippen molar-refractivity contribution in [3.63, 3.8) is 0 Å². The zero-order chi connectivity index (χ0) is 16.3. The molecule has 0 radical (unpaired) electrons. The summed E-state index contributed by atoms with van der Waals surface area (Å²) in [5, 5.41) is 0. The molecule has 3 nitrogen and oxygen atoms in total. The predicted molar refractivity (Wildman–Crippen MR) is 92.2 cm³/mol. The Hall–Kier alpha value is -2.68. The quantitative estimate of drug-likeness (QED) is 0.754. The Kier molecular flexibility index (Phi) is 2.81. The predicted octanol–water partition coefficient (Wildman–Crippen LogP) is 3.60. The molecule has 2 aliphatic carbocycles. The summed E-state index contributed by atoms with van der Waals surface area (Å²) in [6.45, 7) is 0. The van der Waals surface area contributed by atoms with Crippen LogP contribution in [0.15, 0.2) is 60.2 Å². The summed E-state index contributed by atoms with van der Waals surface area (Å²) >= 11 is 0. The van der Waals surface area contributed by atoms with Gasteiger partial charge in [0.15, 0.2) is 0 Å². The van der Waals surface area contributed by atoms with Crippen molar-refractivity contribution < 1.29 is 9.59 Å². The molecule has 3 aliphatic rings. The molecule has 0 aromatic heterocycles. The highest BCUT2D eigenvalue weighted by Crippen LogP contribution is 2.52. The molecule has 24 heavy (non-hydrogen) atoms. The minimum absolute atomic E-state index is 0.0550. The largest absolute Gasteiger partial charge is 0.273 e. The number of anilines is 1. The van der Waals surface area contributed by atoms with Gasteiger partial charge in [-0.1, -0.05) is 42.5 Å². The Morgan fingerprint density at radius 3 is 2.46 bits per heavy atom. The van der Waals surface area contributed by atoms with Gasteiger partial charge >= 0.3 is 0 Å². The van der Waals surface area contributed by atoms with Gasteiger partial charge in [0, 0.05) is 5.57 Å². The fraction of sp³-hybridized carbons (Fsp3) is 0.238. The van der Waals surface area contributed by atoms with E-state index in [0.717, 1.165) is 30.4 Å². The van der Waals surface area contributed by atoms with Crippen molar-refractivity contribution in [3.8, 4) is 0 Å². The summed E-state index contributed by atoms with van der Waals surface area (Å²) in [6.07, 6.45) is 2.86. The molecule has 0 N–H and O–H groups in total. The van der Waals surface area contributed by atoms with Gasteiger partial charge in [-0.25, -0.2) is 4.90 Å². The Morgan fingerprint density at radius 2 is 1.62 bits per heavy atom. The first-order valence-corrected chi connectivity index (χ1v) is 8.51. The first-order chi connectivity index (χ1) is 11.8. The van der Waals surface area contributed by atoms with Crippen LogP contribution < -0.4 is 4.90 Å². The van der Waals surface area contributed by atoms with Crippen molar-refractivity contribution in [1.82, 2.24) is 0 Å². The second-order valence-electron chi connectivity index (χ2n) is 6.82. The van der Waals surface area contributed by atoms with E-state index in [0.29, 0.717) is 11.6 Å². The van der Waals surface area contributed by atoms with Crippen LogP contribution in [0, 0.1) is 11.8 Å². The van der Waals surface area contributed by atoms with E-state index in [1.165, 1.54) is 16.0 Å². The van der Waals surface area contributed by atoms with Crippen molar-refractivity contribution in [2.75, 3.05) is 4.90 Å². The summed E-state index contributed by atoms with van der Waals surface area (Å²) < 4.78 is 0. The van der Waals surface area contributed by atoms with Crippen molar-refractivity contribution in [2.24, 2.45) is 11.8 Å². The number of allylic oxidation sites excluding steroid dienone is 1. The van der Waals surface area contributed by atoms with Gasteiger partial charge in [0.05, 0.1) is 11.6 Å². The van der Waals surface area contributed by atoms with Gasteiger partial charge in [0.25, 0.3) is 5.91 Å². The lowest BCUT2D eigenvalue weighted by molar-refractivity contribution is -0.122. The fourth-order valence-electron chi connectivity index (χ4n) is 4.57. The maximum absolute atomic E-state index is 13.1. The molecule has 2 amide bonds. The van der Waals surface area contributed by atoms with Crippen molar-refractivity contribution in [1.29, 1.82) is 0 Å². The van der Waals surface area contributed by atoms with Crippen LogP contribution in [0.4, 0.5) is 5.69 Å². The molecule has 1 fully saturated rings. The Balaban J connectivity index is 1.68. The van der Waals surface area contributed by atoms with E-state index < -0.39 is 0 Å². The van der Waals surface area contributed by atoms with Crippen LogP contribution in [-0.4, -0.2) is 11.8 Å². The van der Waals surface area contributed by atoms with Crippen LogP contribution in [0.25, 0.3) is 5.57 Å². The van der Waals surface area contributed by atoms with Crippen LogP contribution in [0.2, 0.25) is 0 Å². The van der Waals surface area contributed by atoms with Crippen LogP contribution in [0.5, 0.6) is 0 Å². The summed E-state index contributed by atoms with van der Waals surface area (Å²) in [7, 11) is 0. The van der Waals surface area contributed by atoms with E-state index in [2.05, 4.69) is 18.2 Å². The first-order valence-electron chi connectivity index (χ1n) is 8.51. The molecule has 2 aromatic rings. The molecule has 1 aliphatic heterocycles.